The molecule has 0 spiro atoms. The summed E-state index contributed by atoms with van der Waals surface area (Å²) < 4.78 is 19.1. The van der Waals surface area contributed by atoms with E-state index in [1.807, 2.05) is 37.3 Å². The molecule has 1 aromatic heterocycles. The Balaban J connectivity index is 1.91. The molecule has 4 rings (SSSR count). The van der Waals surface area contributed by atoms with Crippen molar-refractivity contribution in [1.82, 2.24) is 4.57 Å². The molecule has 198 valence electrons. The number of hydrogen-bond acceptors (Lipinski definition) is 8. The number of carbonyl (C=O) groups is 2. The van der Waals surface area contributed by atoms with Crippen LogP contribution in [0.2, 0.25) is 0 Å². The number of allylic oxidation sites excluding steroid dienone is 1. The van der Waals surface area contributed by atoms with Crippen LogP contribution in [0.25, 0.3) is 6.08 Å². The van der Waals surface area contributed by atoms with Crippen LogP contribution >= 0.6 is 43.2 Å². The molecule has 2 aromatic carbocycles. The fourth-order valence-electron chi connectivity index (χ4n) is 4.13. The Hall–Kier alpha value is -3.02. The normalized spacial score (nSPS) is 15.1. The fraction of sp³-hybridized carbons (Fsp3) is 0.259. The molecular formula is C27H24Br2N2O6S. The number of fused-ring (bicyclic) bond motifs is 1. The predicted octanol–water partition coefficient (Wildman–Crippen LogP) is 4.27. The molecule has 8 nitrogen and oxygen atoms in total. The van der Waals surface area contributed by atoms with Gasteiger partial charge in [0, 0.05) is 10.0 Å². The van der Waals surface area contributed by atoms with Crippen molar-refractivity contribution in [3.8, 4) is 5.75 Å². The number of esters is 2. The molecule has 3 aromatic rings. The van der Waals surface area contributed by atoms with E-state index in [0.29, 0.717) is 42.8 Å². The van der Waals surface area contributed by atoms with Crippen molar-refractivity contribution in [3.05, 3.63) is 93.5 Å². The van der Waals surface area contributed by atoms with E-state index in [0.717, 1.165) is 10.0 Å². The van der Waals surface area contributed by atoms with Crippen LogP contribution in [0.5, 0.6) is 5.75 Å². The van der Waals surface area contributed by atoms with E-state index in [1.165, 1.54) is 23.0 Å². The van der Waals surface area contributed by atoms with Crippen molar-refractivity contribution >= 4 is 61.2 Å². The minimum Gasteiger partial charge on any atom is -0.480 e. The third-order valence-electron chi connectivity index (χ3n) is 5.73. The molecule has 0 amide bonds. The lowest BCUT2D eigenvalue weighted by atomic mass is 9.95. The summed E-state index contributed by atoms with van der Waals surface area (Å²) in [5.74, 6) is -0.645. The molecule has 11 heteroatoms. The minimum absolute atomic E-state index is 0.244. The third-order valence-corrected chi connectivity index (χ3v) is 7.76. The number of carbonyl (C=O) groups excluding carboxylic acids is 2. The zero-order valence-electron chi connectivity index (χ0n) is 20.8. The average molecular weight is 664 g/mol. The van der Waals surface area contributed by atoms with E-state index < -0.39 is 18.0 Å². The maximum Gasteiger partial charge on any atom is 0.344 e. The standard InChI is InChI=1S/C27H24Br2N2O6S/c1-4-19-22(26(34)35-3)23(15-9-7-6-8-10-15)31-25(33)20(38-27(31)30-19)12-16-11-17(28)13-18(29)24(16)37-14-21(32)36-5-2/h6-13,23H,4-5,14H2,1-3H3/b20-12+/t23-/m1/s1. The lowest BCUT2D eigenvalue weighted by Crippen LogP contribution is -2.40. The monoisotopic (exact) mass is 662 g/mol. The van der Waals surface area contributed by atoms with E-state index in [-0.39, 0.29) is 18.8 Å². The van der Waals surface area contributed by atoms with Gasteiger partial charge in [-0.1, -0.05) is 64.5 Å². The van der Waals surface area contributed by atoms with Crippen LogP contribution < -0.4 is 19.6 Å². The van der Waals surface area contributed by atoms with Gasteiger partial charge < -0.3 is 14.2 Å². The van der Waals surface area contributed by atoms with Gasteiger partial charge in [0.2, 0.25) is 0 Å². The Kier molecular flexibility index (Phi) is 9.01. The Bertz CT molecular complexity index is 1590. The number of ether oxygens (including phenoxy) is 3. The van der Waals surface area contributed by atoms with E-state index in [4.69, 9.17) is 14.2 Å². The number of halogens is 2. The second kappa shape index (κ2) is 12.2. The Morgan fingerprint density at radius 1 is 1.16 bits per heavy atom. The van der Waals surface area contributed by atoms with Gasteiger partial charge in [0.25, 0.3) is 5.56 Å². The first-order chi connectivity index (χ1) is 18.3. The highest BCUT2D eigenvalue weighted by atomic mass is 79.9. The minimum atomic E-state index is -0.689. The summed E-state index contributed by atoms with van der Waals surface area (Å²) in [7, 11) is 1.32. The van der Waals surface area contributed by atoms with Crippen LogP contribution in [0.1, 0.15) is 37.4 Å². The second-order valence-corrected chi connectivity index (χ2v) is 10.9. The molecule has 1 aliphatic rings. The van der Waals surface area contributed by atoms with Gasteiger partial charge in [0.1, 0.15) is 5.75 Å². The van der Waals surface area contributed by atoms with E-state index in [9.17, 15) is 14.4 Å². The van der Waals surface area contributed by atoms with Gasteiger partial charge in [-0.05, 0) is 53.0 Å². The summed E-state index contributed by atoms with van der Waals surface area (Å²) >= 11 is 8.17. The van der Waals surface area contributed by atoms with E-state index in [1.54, 1.807) is 25.1 Å². The maximum atomic E-state index is 13.9. The molecule has 0 aliphatic carbocycles. The lowest BCUT2D eigenvalue weighted by molar-refractivity contribution is -0.145. The van der Waals surface area contributed by atoms with Gasteiger partial charge in [0.15, 0.2) is 11.4 Å². The molecule has 0 saturated heterocycles. The summed E-state index contributed by atoms with van der Waals surface area (Å²) in [5.41, 5.74) is 1.93. The van der Waals surface area contributed by atoms with Crippen LogP contribution in [-0.2, 0) is 19.1 Å². The fourth-order valence-corrected chi connectivity index (χ4v) is 6.51. The van der Waals surface area contributed by atoms with E-state index in [2.05, 4.69) is 36.9 Å². The summed E-state index contributed by atoms with van der Waals surface area (Å²) in [6, 6.07) is 12.2. The van der Waals surface area contributed by atoms with Gasteiger partial charge in [-0.25, -0.2) is 14.6 Å². The Morgan fingerprint density at radius 2 is 1.89 bits per heavy atom. The quantitative estimate of drug-likeness (QED) is 0.334. The number of rotatable bonds is 8. The molecule has 0 radical (unpaired) electrons. The number of thiazole rings is 1. The van der Waals surface area contributed by atoms with Crippen LogP contribution in [-0.4, -0.2) is 36.8 Å². The SMILES string of the molecule is CCOC(=O)COc1c(Br)cc(Br)cc1/C=c1/sc2n(c1=O)[C@H](c1ccccc1)C(C(=O)OC)=C(CC)N=2. The Morgan fingerprint density at radius 3 is 2.55 bits per heavy atom. The molecule has 0 saturated carbocycles. The van der Waals surface area contributed by atoms with Crippen molar-refractivity contribution in [2.45, 2.75) is 26.3 Å². The molecule has 0 N–H and O–H groups in total. The second-order valence-electron chi connectivity index (χ2n) is 8.10. The highest BCUT2D eigenvalue weighted by molar-refractivity contribution is 9.11. The first-order valence-corrected chi connectivity index (χ1v) is 14.1. The molecule has 2 heterocycles. The smallest absolute Gasteiger partial charge is 0.344 e. The first kappa shape index (κ1) is 28.0. The summed E-state index contributed by atoms with van der Waals surface area (Å²) in [6.45, 7) is 3.58. The van der Waals surface area contributed by atoms with Gasteiger partial charge in [-0.2, -0.15) is 0 Å². The molecule has 1 aliphatic heterocycles. The zero-order valence-corrected chi connectivity index (χ0v) is 24.8. The molecule has 0 fully saturated rings. The predicted molar refractivity (Wildman–Crippen MR) is 151 cm³/mol. The number of benzene rings is 2. The maximum absolute atomic E-state index is 13.9. The largest absolute Gasteiger partial charge is 0.480 e. The highest BCUT2D eigenvalue weighted by Gasteiger charge is 2.33. The molecule has 1 atom stereocenters. The molecule has 38 heavy (non-hydrogen) atoms. The van der Waals surface area contributed by atoms with Crippen LogP contribution in [0.15, 0.2) is 72.5 Å². The molecular weight excluding hydrogens is 640 g/mol. The van der Waals surface area contributed by atoms with Gasteiger partial charge in [-0.3, -0.25) is 9.36 Å². The van der Waals surface area contributed by atoms with Gasteiger partial charge in [-0.15, -0.1) is 0 Å². The highest BCUT2D eigenvalue weighted by Crippen LogP contribution is 2.34. The van der Waals surface area contributed by atoms with Crippen molar-refractivity contribution in [2.24, 2.45) is 4.99 Å². The number of hydrogen-bond donors (Lipinski definition) is 0. The van der Waals surface area contributed by atoms with Crippen LogP contribution in [0.4, 0.5) is 0 Å². The average Bonchev–Trinajstić information content (AvgIpc) is 3.21. The zero-order chi connectivity index (χ0) is 27.4. The topological polar surface area (TPSA) is 96.2 Å². The molecule has 0 bridgehead atoms. The lowest BCUT2D eigenvalue weighted by Gasteiger charge is -2.25. The van der Waals surface area contributed by atoms with Crippen molar-refractivity contribution in [1.29, 1.82) is 0 Å². The van der Waals surface area contributed by atoms with E-state index >= 15 is 0 Å². The van der Waals surface area contributed by atoms with Crippen molar-refractivity contribution < 1.29 is 23.8 Å². The Labute approximate surface area is 239 Å². The summed E-state index contributed by atoms with van der Waals surface area (Å²) in [5, 5.41) is 0. The van der Waals surface area contributed by atoms with Crippen molar-refractivity contribution in [2.75, 3.05) is 20.3 Å². The molecule has 0 unspecified atom stereocenters. The number of nitrogens with zero attached hydrogens (tertiary/aromatic N) is 2. The van der Waals surface area contributed by atoms with Gasteiger partial charge >= 0.3 is 11.9 Å². The number of aromatic nitrogens is 1. The first-order valence-electron chi connectivity index (χ1n) is 11.7. The van der Waals surface area contributed by atoms with Crippen LogP contribution in [0, 0.1) is 0 Å². The van der Waals surface area contributed by atoms with Gasteiger partial charge in [0.05, 0.1) is 40.0 Å². The summed E-state index contributed by atoms with van der Waals surface area (Å²) in [4.78, 5) is 43.8. The third kappa shape index (κ3) is 5.69. The summed E-state index contributed by atoms with van der Waals surface area (Å²) in [6.07, 6.45) is 2.18. The van der Waals surface area contributed by atoms with Crippen molar-refractivity contribution in [3.63, 3.8) is 0 Å². The number of methoxy groups -OCH3 is 1. The van der Waals surface area contributed by atoms with Crippen LogP contribution in [0.3, 0.4) is 0 Å².